The zero-order chi connectivity index (χ0) is 11.4. The fraction of sp³-hybridized carbons (Fsp3) is 0.0909. The minimum absolute atomic E-state index is 0.0875. The number of carbonyl (C=O) groups excluding carboxylic acids is 1. The maximum absolute atomic E-state index is 11.8. The third-order valence-electron chi connectivity index (χ3n) is 2.08. The Morgan fingerprint density at radius 3 is 2.75 bits per heavy atom. The highest BCUT2D eigenvalue weighted by molar-refractivity contribution is 6.31. The molecular weight excluding hydrogens is 226 g/mol. The molecule has 0 aromatic carbocycles. The Labute approximate surface area is 97.3 Å². The summed E-state index contributed by atoms with van der Waals surface area (Å²) in [7, 11) is 0. The lowest BCUT2D eigenvalue weighted by atomic mass is 10.1. The number of carbonyl (C=O) groups is 1. The quantitative estimate of drug-likeness (QED) is 0.761. The second kappa shape index (κ2) is 4.81. The summed E-state index contributed by atoms with van der Waals surface area (Å²) in [5.41, 5.74) is 1.14. The second-order valence-corrected chi connectivity index (χ2v) is 3.57. The van der Waals surface area contributed by atoms with Gasteiger partial charge in [0.15, 0.2) is 5.78 Å². The van der Waals surface area contributed by atoms with Gasteiger partial charge in [-0.1, -0.05) is 11.6 Å². The number of hydrogen-bond donors (Lipinski definition) is 0. The van der Waals surface area contributed by atoms with Crippen molar-refractivity contribution in [2.75, 3.05) is 0 Å². The van der Waals surface area contributed by atoms with E-state index in [4.69, 9.17) is 11.6 Å². The van der Waals surface area contributed by atoms with Gasteiger partial charge in [-0.2, -0.15) is 0 Å². The molecule has 0 aliphatic carbocycles. The number of rotatable bonds is 3. The van der Waals surface area contributed by atoms with Crippen molar-refractivity contribution in [1.82, 2.24) is 15.0 Å². The standard InChI is InChI=1S/C11H8ClN3O/c12-9-6-13-3-1-8(9)5-11(16)10-2-4-14-7-15-10/h1-4,6-7H,5H2. The van der Waals surface area contributed by atoms with Gasteiger partial charge in [0.25, 0.3) is 0 Å². The Morgan fingerprint density at radius 1 is 1.25 bits per heavy atom. The van der Waals surface area contributed by atoms with E-state index >= 15 is 0 Å². The third-order valence-corrected chi connectivity index (χ3v) is 2.42. The molecule has 16 heavy (non-hydrogen) atoms. The summed E-state index contributed by atoms with van der Waals surface area (Å²) in [5, 5.41) is 0.491. The monoisotopic (exact) mass is 233 g/mol. The van der Waals surface area contributed by atoms with Crippen LogP contribution in [0.15, 0.2) is 37.1 Å². The van der Waals surface area contributed by atoms with E-state index in [1.54, 1.807) is 18.3 Å². The van der Waals surface area contributed by atoms with Crippen molar-refractivity contribution in [2.24, 2.45) is 0 Å². The molecule has 0 spiro atoms. The van der Waals surface area contributed by atoms with Crippen LogP contribution >= 0.6 is 11.6 Å². The van der Waals surface area contributed by atoms with Crippen LogP contribution in [0.2, 0.25) is 5.02 Å². The van der Waals surface area contributed by atoms with Crippen LogP contribution < -0.4 is 0 Å². The molecule has 0 unspecified atom stereocenters. The fourth-order valence-electron chi connectivity index (χ4n) is 1.27. The minimum atomic E-state index is -0.0875. The summed E-state index contributed by atoms with van der Waals surface area (Å²) >= 11 is 5.91. The zero-order valence-electron chi connectivity index (χ0n) is 8.30. The first-order valence-electron chi connectivity index (χ1n) is 4.65. The molecule has 80 valence electrons. The number of Topliss-reactive ketones (excluding diaryl/α,β-unsaturated/α-hetero) is 1. The molecule has 0 amide bonds. The van der Waals surface area contributed by atoms with Gasteiger partial charge in [-0.05, 0) is 17.7 Å². The Hall–Kier alpha value is -1.81. The van der Waals surface area contributed by atoms with Crippen LogP contribution in [0.4, 0.5) is 0 Å². The summed E-state index contributed by atoms with van der Waals surface area (Å²) in [5.74, 6) is -0.0875. The van der Waals surface area contributed by atoms with Crippen LogP contribution in [-0.4, -0.2) is 20.7 Å². The van der Waals surface area contributed by atoms with Gasteiger partial charge < -0.3 is 0 Å². The number of halogens is 1. The average Bonchev–Trinajstić information content (AvgIpc) is 2.33. The topological polar surface area (TPSA) is 55.7 Å². The minimum Gasteiger partial charge on any atom is -0.292 e. The van der Waals surface area contributed by atoms with E-state index in [1.165, 1.54) is 18.7 Å². The van der Waals surface area contributed by atoms with E-state index in [0.29, 0.717) is 10.7 Å². The Kier molecular flexibility index (Phi) is 3.22. The van der Waals surface area contributed by atoms with Crippen molar-refractivity contribution in [3.05, 3.63) is 53.3 Å². The number of aromatic nitrogens is 3. The van der Waals surface area contributed by atoms with Crippen LogP contribution in [0.1, 0.15) is 16.1 Å². The number of pyridine rings is 1. The molecule has 2 aromatic heterocycles. The largest absolute Gasteiger partial charge is 0.292 e. The van der Waals surface area contributed by atoms with Gasteiger partial charge in [0.2, 0.25) is 0 Å². The fourth-order valence-corrected chi connectivity index (χ4v) is 1.45. The van der Waals surface area contributed by atoms with Gasteiger partial charge >= 0.3 is 0 Å². The lowest BCUT2D eigenvalue weighted by Gasteiger charge is -2.01. The second-order valence-electron chi connectivity index (χ2n) is 3.16. The Morgan fingerprint density at radius 2 is 2.06 bits per heavy atom. The summed E-state index contributed by atoms with van der Waals surface area (Å²) in [4.78, 5) is 23.3. The van der Waals surface area contributed by atoms with Crippen molar-refractivity contribution < 1.29 is 4.79 Å². The van der Waals surface area contributed by atoms with Crippen LogP contribution in [0.25, 0.3) is 0 Å². The summed E-state index contributed by atoms with van der Waals surface area (Å²) < 4.78 is 0. The molecule has 0 bridgehead atoms. The highest BCUT2D eigenvalue weighted by atomic mass is 35.5. The first kappa shape index (κ1) is 10.7. The molecule has 0 fully saturated rings. The smallest absolute Gasteiger partial charge is 0.185 e. The summed E-state index contributed by atoms with van der Waals surface area (Å²) in [6.07, 6.45) is 6.23. The van der Waals surface area contributed by atoms with E-state index in [-0.39, 0.29) is 12.2 Å². The molecule has 0 aliphatic rings. The van der Waals surface area contributed by atoms with Gasteiger partial charge in [0, 0.05) is 25.0 Å². The maximum atomic E-state index is 11.8. The molecule has 2 rings (SSSR count). The lowest BCUT2D eigenvalue weighted by Crippen LogP contribution is -2.06. The highest BCUT2D eigenvalue weighted by Gasteiger charge is 2.10. The third kappa shape index (κ3) is 2.41. The normalized spacial score (nSPS) is 10.1. The van der Waals surface area contributed by atoms with Gasteiger partial charge in [-0.15, -0.1) is 0 Å². The molecular formula is C11H8ClN3O. The maximum Gasteiger partial charge on any atom is 0.185 e. The first-order chi connectivity index (χ1) is 7.77. The van der Waals surface area contributed by atoms with Gasteiger partial charge in [0.1, 0.15) is 12.0 Å². The van der Waals surface area contributed by atoms with Crippen LogP contribution in [0, 0.1) is 0 Å². The number of nitrogens with zero attached hydrogens (tertiary/aromatic N) is 3. The van der Waals surface area contributed by atoms with Crippen molar-refractivity contribution in [3.8, 4) is 0 Å². The van der Waals surface area contributed by atoms with Crippen molar-refractivity contribution in [2.45, 2.75) is 6.42 Å². The molecule has 0 saturated carbocycles. The van der Waals surface area contributed by atoms with E-state index in [9.17, 15) is 4.79 Å². The molecule has 0 N–H and O–H groups in total. The lowest BCUT2D eigenvalue weighted by molar-refractivity contribution is 0.0988. The van der Waals surface area contributed by atoms with E-state index < -0.39 is 0 Å². The summed E-state index contributed by atoms with van der Waals surface area (Å²) in [6.45, 7) is 0. The van der Waals surface area contributed by atoms with Crippen molar-refractivity contribution in [1.29, 1.82) is 0 Å². The van der Waals surface area contributed by atoms with Crippen molar-refractivity contribution in [3.63, 3.8) is 0 Å². The molecule has 2 heterocycles. The SMILES string of the molecule is O=C(Cc1ccncc1Cl)c1ccncn1. The molecule has 0 radical (unpaired) electrons. The number of ketones is 1. The van der Waals surface area contributed by atoms with E-state index in [1.807, 2.05) is 0 Å². The molecule has 0 aliphatic heterocycles. The van der Waals surface area contributed by atoms with Crippen LogP contribution in [-0.2, 0) is 6.42 Å². The average molecular weight is 234 g/mol. The first-order valence-corrected chi connectivity index (χ1v) is 5.03. The molecule has 5 heteroatoms. The molecule has 2 aromatic rings. The highest BCUT2D eigenvalue weighted by Crippen LogP contribution is 2.15. The predicted octanol–water partition coefficient (Wildman–Crippen LogP) is 1.95. The Balaban J connectivity index is 2.18. The number of hydrogen-bond acceptors (Lipinski definition) is 4. The van der Waals surface area contributed by atoms with Crippen LogP contribution in [0.5, 0.6) is 0 Å². The van der Waals surface area contributed by atoms with Crippen LogP contribution in [0.3, 0.4) is 0 Å². The van der Waals surface area contributed by atoms with Crippen molar-refractivity contribution >= 4 is 17.4 Å². The predicted molar refractivity (Wildman–Crippen MR) is 59.3 cm³/mol. The van der Waals surface area contributed by atoms with Gasteiger partial charge in [0.05, 0.1) is 5.02 Å². The molecule has 0 saturated heterocycles. The zero-order valence-corrected chi connectivity index (χ0v) is 9.05. The van der Waals surface area contributed by atoms with E-state index in [0.717, 1.165) is 5.56 Å². The molecule has 0 atom stereocenters. The van der Waals surface area contributed by atoms with Gasteiger partial charge in [-0.25, -0.2) is 9.97 Å². The van der Waals surface area contributed by atoms with E-state index in [2.05, 4.69) is 15.0 Å². The Bertz CT molecular complexity index is 502. The van der Waals surface area contributed by atoms with Gasteiger partial charge in [-0.3, -0.25) is 9.78 Å². The molecule has 4 nitrogen and oxygen atoms in total. The summed E-state index contributed by atoms with van der Waals surface area (Å²) in [6, 6.07) is 3.30.